The number of aromatic carboxylic acids is 1. The van der Waals surface area contributed by atoms with Gasteiger partial charge in [-0.05, 0) is 24.6 Å². The fourth-order valence-electron chi connectivity index (χ4n) is 1.65. The monoisotopic (exact) mass is 219 g/mol. The maximum atomic E-state index is 11.1. The van der Waals surface area contributed by atoms with E-state index in [0.717, 1.165) is 11.1 Å². The molecule has 2 rings (SSSR count). The van der Waals surface area contributed by atoms with E-state index in [1.165, 1.54) is 0 Å². The van der Waals surface area contributed by atoms with E-state index >= 15 is 0 Å². The Morgan fingerprint density at radius 3 is 2.69 bits per heavy atom. The minimum absolute atomic E-state index is 0.218. The summed E-state index contributed by atoms with van der Waals surface area (Å²) in [4.78, 5) is 12.8. The predicted octanol–water partition coefficient (Wildman–Crippen LogP) is 1.41. The number of hydrogen-bond acceptors (Lipinski definition) is 3. The molecule has 0 aliphatic heterocycles. The Kier molecular flexibility index (Phi) is 2.30. The Balaban J connectivity index is 2.75. The average molecular weight is 219 g/mol. The summed E-state index contributed by atoms with van der Waals surface area (Å²) in [5.41, 5.74) is 2.07. The van der Waals surface area contributed by atoms with Gasteiger partial charge >= 0.3 is 5.97 Å². The van der Waals surface area contributed by atoms with Gasteiger partial charge in [0.1, 0.15) is 5.56 Å². The van der Waals surface area contributed by atoms with Crippen molar-refractivity contribution in [1.82, 2.24) is 9.61 Å². The van der Waals surface area contributed by atoms with Gasteiger partial charge in [0.15, 0.2) is 5.82 Å². The molecule has 0 aliphatic carbocycles. The van der Waals surface area contributed by atoms with Crippen LogP contribution in [0.3, 0.4) is 0 Å². The van der Waals surface area contributed by atoms with Crippen LogP contribution in [0.2, 0.25) is 0 Å². The largest absolute Gasteiger partial charge is 0.478 e. The molecule has 0 radical (unpaired) electrons. The van der Waals surface area contributed by atoms with Gasteiger partial charge in [-0.15, -0.1) is 5.10 Å². The van der Waals surface area contributed by atoms with Gasteiger partial charge in [0.25, 0.3) is 0 Å². The van der Waals surface area contributed by atoms with E-state index in [9.17, 15) is 4.79 Å². The topological polar surface area (TPSA) is 57.8 Å². The van der Waals surface area contributed by atoms with E-state index < -0.39 is 5.97 Å². The van der Waals surface area contributed by atoms with Crippen molar-refractivity contribution in [3.63, 3.8) is 0 Å². The number of aromatic nitrogens is 2. The molecule has 0 saturated carbocycles. The third-order valence-electron chi connectivity index (χ3n) is 2.36. The molecular formula is C11H13N3O2. The number of fused-ring (bicyclic) bond motifs is 1. The van der Waals surface area contributed by atoms with Gasteiger partial charge in [-0.1, -0.05) is 0 Å². The van der Waals surface area contributed by atoms with Gasteiger partial charge in [0, 0.05) is 20.3 Å². The number of carboxylic acid groups (broad SMARTS) is 1. The van der Waals surface area contributed by atoms with Crippen LogP contribution in [0.5, 0.6) is 0 Å². The second kappa shape index (κ2) is 3.52. The normalized spacial score (nSPS) is 10.7. The fraction of sp³-hybridized carbons (Fsp3) is 0.273. The smallest absolute Gasteiger partial charge is 0.339 e. The summed E-state index contributed by atoms with van der Waals surface area (Å²) in [6, 6.07) is 3.54. The molecule has 16 heavy (non-hydrogen) atoms. The molecule has 0 fully saturated rings. The van der Waals surface area contributed by atoms with Crippen LogP contribution in [0.15, 0.2) is 18.3 Å². The number of anilines is 1. The second-order valence-electron chi connectivity index (χ2n) is 3.97. The van der Waals surface area contributed by atoms with Gasteiger partial charge in [0.2, 0.25) is 0 Å². The lowest BCUT2D eigenvalue weighted by Crippen LogP contribution is -2.17. The van der Waals surface area contributed by atoms with Crippen molar-refractivity contribution in [3.05, 3.63) is 29.5 Å². The zero-order valence-electron chi connectivity index (χ0n) is 9.43. The molecule has 0 amide bonds. The lowest BCUT2D eigenvalue weighted by molar-refractivity contribution is 0.0697. The second-order valence-corrected chi connectivity index (χ2v) is 3.97. The first-order valence-corrected chi connectivity index (χ1v) is 4.89. The van der Waals surface area contributed by atoms with Crippen LogP contribution in [0, 0.1) is 6.92 Å². The first-order valence-electron chi connectivity index (χ1n) is 4.89. The molecule has 2 heterocycles. The highest BCUT2D eigenvalue weighted by molar-refractivity contribution is 5.94. The number of nitrogens with zero attached hydrogens (tertiary/aromatic N) is 3. The molecule has 0 unspecified atom stereocenters. The van der Waals surface area contributed by atoms with E-state index in [4.69, 9.17) is 5.11 Å². The molecule has 0 aromatic carbocycles. The standard InChI is InChI=1S/C11H13N3O2/c1-7-4-8-5-9(11(15)16)10(13(2)3)12-14(8)6-7/h4-6H,1-3H3,(H,15,16). The van der Waals surface area contributed by atoms with Crippen molar-refractivity contribution in [2.75, 3.05) is 19.0 Å². The van der Waals surface area contributed by atoms with Gasteiger partial charge in [-0.25, -0.2) is 9.31 Å². The van der Waals surface area contributed by atoms with Crippen molar-refractivity contribution >= 4 is 17.3 Å². The molecule has 0 aliphatic rings. The van der Waals surface area contributed by atoms with Crippen molar-refractivity contribution in [2.45, 2.75) is 6.92 Å². The fourth-order valence-corrected chi connectivity index (χ4v) is 1.65. The Hall–Kier alpha value is -2.04. The number of aryl methyl sites for hydroxylation is 1. The Morgan fingerprint density at radius 1 is 1.44 bits per heavy atom. The summed E-state index contributed by atoms with van der Waals surface area (Å²) in [6.45, 7) is 1.95. The first kappa shape index (κ1) is 10.5. The van der Waals surface area contributed by atoms with E-state index in [0.29, 0.717) is 5.82 Å². The maximum Gasteiger partial charge on any atom is 0.339 e. The Morgan fingerprint density at radius 2 is 2.12 bits per heavy atom. The number of rotatable bonds is 2. The van der Waals surface area contributed by atoms with Crippen LogP contribution < -0.4 is 4.90 Å². The molecule has 0 atom stereocenters. The number of hydrogen-bond donors (Lipinski definition) is 1. The van der Waals surface area contributed by atoms with Crippen LogP contribution in [0.25, 0.3) is 5.52 Å². The lowest BCUT2D eigenvalue weighted by atomic mass is 10.2. The van der Waals surface area contributed by atoms with E-state index in [1.54, 1.807) is 29.6 Å². The third kappa shape index (κ3) is 1.60. The minimum atomic E-state index is -0.961. The highest BCUT2D eigenvalue weighted by Gasteiger charge is 2.15. The summed E-state index contributed by atoms with van der Waals surface area (Å²) < 4.78 is 1.69. The van der Waals surface area contributed by atoms with Gasteiger partial charge in [-0.3, -0.25) is 0 Å². The van der Waals surface area contributed by atoms with E-state index in [2.05, 4.69) is 5.10 Å². The van der Waals surface area contributed by atoms with Crippen LogP contribution in [-0.4, -0.2) is 34.8 Å². The lowest BCUT2D eigenvalue weighted by Gasteiger charge is -2.14. The summed E-state index contributed by atoms with van der Waals surface area (Å²) >= 11 is 0. The molecule has 0 bridgehead atoms. The van der Waals surface area contributed by atoms with Crippen LogP contribution >= 0.6 is 0 Å². The first-order chi connectivity index (χ1) is 7.49. The molecule has 5 heteroatoms. The highest BCUT2D eigenvalue weighted by Crippen LogP contribution is 2.19. The van der Waals surface area contributed by atoms with Crippen LogP contribution in [0.1, 0.15) is 15.9 Å². The highest BCUT2D eigenvalue weighted by atomic mass is 16.4. The van der Waals surface area contributed by atoms with E-state index in [1.807, 2.05) is 19.2 Å². The molecule has 2 aromatic rings. The molecule has 5 nitrogen and oxygen atoms in total. The van der Waals surface area contributed by atoms with Gasteiger partial charge < -0.3 is 10.0 Å². The summed E-state index contributed by atoms with van der Waals surface area (Å²) in [7, 11) is 3.55. The summed E-state index contributed by atoms with van der Waals surface area (Å²) in [5.74, 6) is -0.506. The zero-order valence-corrected chi connectivity index (χ0v) is 9.43. The Bertz CT molecular complexity index is 558. The predicted molar refractivity (Wildman–Crippen MR) is 61.2 cm³/mol. The quantitative estimate of drug-likeness (QED) is 0.829. The zero-order chi connectivity index (χ0) is 11.9. The SMILES string of the molecule is Cc1cc2cc(C(=O)O)c(N(C)C)nn2c1. The summed E-state index contributed by atoms with van der Waals surface area (Å²) in [6.07, 6.45) is 1.87. The molecule has 1 N–H and O–H groups in total. The number of carbonyl (C=O) groups is 1. The van der Waals surface area contributed by atoms with Crippen molar-refractivity contribution < 1.29 is 9.90 Å². The molecule has 84 valence electrons. The maximum absolute atomic E-state index is 11.1. The number of carboxylic acids is 1. The minimum Gasteiger partial charge on any atom is -0.478 e. The van der Waals surface area contributed by atoms with Crippen LogP contribution in [-0.2, 0) is 0 Å². The van der Waals surface area contributed by atoms with E-state index in [-0.39, 0.29) is 5.56 Å². The van der Waals surface area contributed by atoms with Crippen LogP contribution in [0.4, 0.5) is 5.82 Å². The molecule has 0 saturated heterocycles. The van der Waals surface area contributed by atoms with Crippen molar-refractivity contribution in [3.8, 4) is 0 Å². The third-order valence-corrected chi connectivity index (χ3v) is 2.36. The van der Waals surface area contributed by atoms with Gasteiger partial charge in [0.05, 0.1) is 5.52 Å². The Labute approximate surface area is 92.9 Å². The van der Waals surface area contributed by atoms with Crippen molar-refractivity contribution in [1.29, 1.82) is 0 Å². The summed E-state index contributed by atoms with van der Waals surface area (Å²) in [5, 5.41) is 13.4. The van der Waals surface area contributed by atoms with Crippen molar-refractivity contribution in [2.24, 2.45) is 0 Å². The molecule has 2 aromatic heterocycles. The average Bonchev–Trinajstić information content (AvgIpc) is 2.54. The van der Waals surface area contributed by atoms with Gasteiger partial charge in [-0.2, -0.15) is 0 Å². The molecule has 0 spiro atoms. The molecular weight excluding hydrogens is 206 g/mol.